The van der Waals surface area contributed by atoms with Crippen molar-refractivity contribution in [2.45, 2.75) is 69.9 Å². The molecule has 0 aliphatic carbocycles. The van der Waals surface area contributed by atoms with Gasteiger partial charge in [-0.25, -0.2) is 13.1 Å². The minimum atomic E-state index is -3.66. The van der Waals surface area contributed by atoms with Gasteiger partial charge in [0.05, 0.1) is 40.7 Å². The highest BCUT2D eigenvalue weighted by Gasteiger charge is 2.26. The summed E-state index contributed by atoms with van der Waals surface area (Å²) in [5, 5.41) is 8.08. The number of anilines is 1. The molecule has 35 heavy (non-hydrogen) atoms. The van der Waals surface area contributed by atoms with Crippen LogP contribution in [0.25, 0.3) is 0 Å². The van der Waals surface area contributed by atoms with Gasteiger partial charge >= 0.3 is 0 Å². The van der Waals surface area contributed by atoms with E-state index in [0.29, 0.717) is 42.9 Å². The highest BCUT2D eigenvalue weighted by Crippen LogP contribution is 2.31. The fourth-order valence-electron chi connectivity index (χ4n) is 4.81. The Labute approximate surface area is 209 Å². The summed E-state index contributed by atoms with van der Waals surface area (Å²) < 4.78 is 36.9. The van der Waals surface area contributed by atoms with E-state index >= 15 is 0 Å². The van der Waals surface area contributed by atoms with Crippen LogP contribution in [0.3, 0.4) is 0 Å². The highest BCUT2D eigenvalue weighted by molar-refractivity contribution is 7.89. The molecule has 0 amide bonds. The van der Waals surface area contributed by atoms with Crippen LogP contribution in [-0.2, 0) is 30.0 Å². The summed E-state index contributed by atoms with van der Waals surface area (Å²) in [6.07, 6.45) is 5.79. The predicted molar refractivity (Wildman–Crippen MR) is 139 cm³/mol. The number of fused-ring (bicyclic) bond motifs is 1. The molecule has 1 fully saturated rings. The van der Waals surface area contributed by atoms with Crippen LogP contribution >= 0.6 is 0 Å². The van der Waals surface area contributed by atoms with Gasteiger partial charge in [0.2, 0.25) is 10.0 Å². The molecule has 2 aliphatic heterocycles. The molecular weight excluding hydrogens is 464 g/mol. The van der Waals surface area contributed by atoms with Crippen LogP contribution in [-0.4, -0.2) is 61.7 Å². The summed E-state index contributed by atoms with van der Waals surface area (Å²) in [5.74, 6) is 1.23. The fourth-order valence-corrected chi connectivity index (χ4v) is 5.88. The molecule has 1 atom stereocenters. The Morgan fingerprint density at radius 1 is 1.23 bits per heavy atom. The number of likely N-dealkylation sites (tertiary alicyclic amines) is 1. The summed E-state index contributed by atoms with van der Waals surface area (Å²) in [6.45, 7) is 6.68. The molecule has 3 heterocycles. The second kappa shape index (κ2) is 11.1. The summed E-state index contributed by atoms with van der Waals surface area (Å²) in [5.41, 5.74) is 3.63. The first-order valence-electron chi connectivity index (χ1n) is 12.7. The molecule has 0 radical (unpaired) electrons. The third-order valence-corrected chi connectivity index (χ3v) is 8.23. The van der Waals surface area contributed by atoms with Gasteiger partial charge in [-0.05, 0) is 63.9 Å². The Kier molecular flexibility index (Phi) is 8.13. The maximum atomic E-state index is 13.1. The van der Waals surface area contributed by atoms with E-state index in [1.807, 2.05) is 18.7 Å². The van der Waals surface area contributed by atoms with Gasteiger partial charge in [-0.15, -0.1) is 0 Å². The number of nitrogens with zero attached hydrogens (tertiary/aromatic N) is 4. The first-order chi connectivity index (χ1) is 16.8. The second-order valence-corrected chi connectivity index (χ2v) is 11.2. The Morgan fingerprint density at radius 3 is 2.77 bits per heavy atom. The van der Waals surface area contributed by atoms with Crippen LogP contribution < -0.4 is 14.8 Å². The van der Waals surface area contributed by atoms with Crippen molar-refractivity contribution in [3.8, 4) is 5.75 Å². The number of aryl methyl sites for hydroxylation is 2. The van der Waals surface area contributed by atoms with Crippen molar-refractivity contribution in [3.05, 3.63) is 35.2 Å². The number of aromatic nitrogens is 2. The van der Waals surface area contributed by atoms with Crippen LogP contribution in [0, 0.1) is 0 Å². The molecule has 2 N–H and O–H groups in total. The number of hydrogen-bond acceptors (Lipinski definition) is 7. The predicted octanol–water partition coefficient (Wildman–Crippen LogP) is 3.30. The number of benzene rings is 1. The monoisotopic (exact) mass is 502 g/mol. The van der Waals surface area contributed by atoms with E-state index in [1.54, 1.807) is 18.2 Å². The lowest BCUT2D eigenvalue weighted by atomic mass is 10.1. The lowest BCUT2D eigenvalue weighted by molar-refractivity contribution is 0.297. The van der Waals surface area contributed by atoms with E-state index in [1.165, 1.54) is 6.42 Å². The molecule has 2 aromatic rings. The zero-order valence-corrected chi connectivity index (χ0v) is 22.1. The Morgan fingerprint density at radius 2 is 2.06 bits per heavy atom. The van der Waals surface area contributed by atoms with Gasteiger partial charge in [-0.1, -0.05) is 20.3 Å². The largest absolute Gasteiger partial charge is 0.493 e. The smallest absolute Gasteiger partial charge is 0.240 e. The van der Waals surface area contributed by atoms with E-state index in [4.69, 9.17) is 9.73 Å². The van der Waals surface area contributed by atoms with Crippen LogP contribution in [0.2, 0.25) is 0 Å². The highest BCUT2D eigenvalue weighted by atomic mass is 32.2. The number of amidine groups is 1. The van der Waals surface area contributed by atoms with Crippen LogP contribution in [0.5, 0.6) is 5.75 Å². The van der Waals surface area contributed by atoms with E-state index in [9.17, 15) is 8.42 Å². The summed E-state index contributed by atoms with van der Waals surface area (Å²) in [7, 11) is 0.367. The molecule has 192 valence electrons. The maximum absolute atomic E-state index is 13.1. The van der Waals surface area contributed by atoms with E-state index in [0.717, 1.165) is 55.7 Å². The fraction of sp³-hybridized carbons (Fsp3) is 0.600. The summed E-state index contributed by atoms with van der Waals surface area (Å²) >= 11 is 0. The van der Waals surface area contributed by atoms with Crippen molar-refractivity contribution in [2.24, 2.45) is 12.0 Å². The molecule has 1 aromatic carbocycles. The zero-order chi connectivity index (χ0) is 25.0. The SMILES string of the molecule is CCCOc1ccc(S(=O)(=O)NCCC2CCCN2C)cc1C1=NCc2c(c(CCC)nn2C)N1. The van der Waals surface area contributed by atoms with Gasteiger partial charge in [0.25, 0.3) is 0 Å². The number of ether oxygens (including phenoxy) is 1. The Bertz CT molecular complexity index is 1170. The number of sulfonamides is 1. The van der Waals surface area contributed by atoms with Crippen LogP contribution in [0.4, 0.5) is 5.69 Å². The molecule has 10 heteroatoms. The van der Waals surface area contributed by atoms with Gasteiger partial charge in [0.1, 0.15) is 11.6 Å². The molecule has 0 bridgehead atoms. The van der Waals surface area contributed by atoms with Crippen LogP contribution in [0.15, 0.2) is 28.1 Å². The van der Waals surface area contributed by atoms with Crippen molar-refractivity contribution >= 4 is 21.5 Å². The van der Waals surface area contributed by atoms with Gasteiger partial charge in [0.15, 0.2) is 0 Å². The maximum Gasteiger partial charge on any atom is 0.240 e. The first-order valence-corrected chi connectivity index (χ1v) is 14.2. The standard InChI is InChI=1S/C25H38N6O3S/c1-5-8-21-24-22(31(4)29-21)17-26-25(28-24)20-16-19(10-11-23(20)34-15-6-2)35(32,33)27-13-12-18-9-7-14-30(18)3/h10-11,16,18,27H,5-9,12-15,17H2,1-4H3,(H,26,28). The average Bonchev–Trinajstić information content (AvgIpc) is 3.39. The third kappa shape index (κ3) is 5.70. The first kappa shape index (κ1) is 25.7. The summed E-state index contributed by atoms with van der Waals surface area (Å²) in [4.78, 5) is 7.25. The normalized spacial score (nSPS) is 18.3. The third-order valence-electron chi connectivity index (χ3n) is 6.77. The van der Waals surface area contributed by atoms with E-state index in [-0.39, 0.29) is 4.90 Å². The number of hydrogen-bond donors (Lipinski definition) is 2. The van der Waals surface area contributed by atoms with Crippen molar-refractivity contribution in [1.82, 2.24) is 19.4 Å². The minimum Gasteiger partial charge on any atom is -0.493 e. The Hall–Kier alpha value is -2.43. The molecule has 1 saturated heterocycles. The molecule has 1 aromatic heterocycles. The van der Waals surface area contributed by atoms with Crippen molar-refractivity contribution in [2.75, 3.05) is 32.1 Å². The van der Waals surface area contributed by atoms with Gasteiger partial charge in [-0.3, -0.25) is 9.67 Å². The van der Waals surface area contributed by atoms with Crippen molar-refractivity contribution in [3.63, 3.8) is 0 Å². The quantitative estimate of drug-likeness (QED) is 0.489. The topological polar surface area (TPSA) is 101 Å². The number of aliphatic imine (C=N–C) groups is 1. The van der Waals surface area contributed by atoms with E-state index in [2.05, 4.69) is 34.0 Å². The second-order valence-electron chi connectivity index (χ2n) is 9.40. The molecule has 1 unspecified atom stereocenters. The van der Waals surface area contributed by atoms with Gasteiger partial charge in [0, 0.05) is 19.6 Å². The molecular formula is C25H38N6O3S. The zero-order valence-electron chi connectivity index (χ0n) is 21.3. The van der Waals surface area contributed by atoms with Crippen molar-refractivity contribution < 1.29 is 13.2 Å². The van der Waals surface area contributed by atoms with Gasteiger partial charge < -0.3 is 15.0 Å². The van der Waals surface area contributed by atoms with Crippen LogP contribution in [0.1, 0.15) is 62.9 Å². The van der Waals surface area contributed by atoms with E-state index < -0.39 is 10.0 Å². The number of rotatable bonds is 11. The Balaban J connectivity index is 1.58. The lowest BCUT2D eigenvalue weighted by Gasteiger charge is -2.21. The summed E-state index contributed by atoms with van der Waals surface area (Å²) in [6, 6.07) is 5.45. The minimum absolute atomic E-state index is 0.214. The van der Waals surface area contributed by atoms with Gasteiger partial charge in [-0.2, -0.15) is 5.10 Å². The molecule has 9 nitrogen and oxygen atoms in total. The number of nitrogens with one attached hydrogen (secondary N) is 2. The average molecular weight is 503 g/mol. The molecule has 2 aliphatic rings. The molecule has 0 spiro atoms. The molecule has 0 saturated carbocycles. The molecule has 4 rings (SSSR count). The van der Waals surface area contributed by atoms with Crippen molar-refractivity contribution in [1.29, 1.82) is 0 Å². The lowest BCUT2D eigenvalue weighted by Crippen LogP contribution is -2.32.